The molecule has 0 saturated carbocycles. The van der Waals surface area contributed by atoms with Crippen molar-refractivity contribution in [3.05, 3.63) is 50.1 Å². The predicted molar refractivity (Wildman–Crippen MR) is 84.8 cm³/mol. The first kappa shape index (κ1) is 14.4. The third-order valence-electron chi connectivity index (χ3n) is 2.79. The molecule has 0 saturated heterocycles. The third kappa shape index (κ3) is 3.50. The number of halogens is 2. The summed E-state index contributed by atoms with van der Waals surface area (Å²) in [6.07, 6.45) is 0. The van der Waals surface area contributed by atoms with Crippen molar-refractivity contribution in [1.29, 1.82) is 5.26 Å². The van der Waals surface area contributed by atoms with Gasteiger partial charge in [-0.3, -0.25) is 0 Å². The lowest BCUT2D eigenvalue weighted by Gasteiger charge is -2.20. The minimum absolute atomic E-state index is 0.427. The summed E-state index contributed by atoms with van der Waals surface area (Å²) < 4.78 is 1.12. The summed E-state index contributed by atoms with van der Waals surface area (Å²) in [6, 6.07) is 10.1. The van der Waals surface area contributed by atoms with Gasteiger partial charge in [-0.05, 0) is 50.6 Å². The summed E-state index contributed by atoms with van der Waals surface area (Å²) in [5.74, 6) is 0.427. The second-order valence-electron chi connectivity index (χ2n) is 4.21. The molecular formula is C14H12BrClN2S. The zero-order valence-corrected chi connectivity index (χ0v) is 13.5. The molecule has 0 bridgehead atoms. The SMILES string of the molecule is CN(Cc1csc(Br)c1)c1ccc(CCl)cc1C#N. The molecule has 0 N–H and O–H groups in total. The van der Waals surface area contributed by atoms with Crippen LogP contribution in [0.1, 0.15) is 16.7 Å². The van der Waals surface area contributed by atoms with Gasteiger partial charge in [0.25, 0.3) is 0 Å². The van der Waals surface area contributed by atoms with E-state index in [2.05, 4.69) is 38.3 Å². The lowest BCUT2D eigenvalue weighted by atomic mass is 10.1. The van der Waals surface area contributed by atoms with Gasteiger partial charge in [0, 0.05) is 19.5 Å². The summed E-state index contributed by atoms with van der Waals surface area (Å²) in [5, 5.41) is 11.3. The lowest BCUT2D eigenvalue weighted by molar-refractivity contribution is 0.924. The summed E-state index contributed by atoms with van der Waals surface area (Å²) in [6.45, 7) is 0.775. The fraction of sp³-hybridized carbons (Fsp3) is 0.214. The first-order valence-corrected chi connectivity index (χ1v) is 7.88. The van der Waals surface area contributed by atoms with Crippen molar-refractivity contribution in [3.8, 4) is 6.07 Å². The summed E-state index contributed by atoms with van der Waals surface area (Å²) in [5.41, 5.74) is 3.78. The Labute approximate surface area is 130 Å². The van der Waals surface area contributed by atoms with Crippen LogP contribution in [-0.4, -0.2) is 7.05 Å². The average Bonchev–Trinajstić information content (AvgIpc) is 2.83. The van der Waals surface area contributed by atoms with Gasteiger partial charge in [-0.25, -0.2) is 0 Å². The second-order valence-corrected chi connectivity index (χ2v) is 6.77. The van der Waals surface area contributed by atoms with E-state index in [0.717, 1.165) is 21.6 Å². The number of nitrogens with zero attached hydrogens (tertiary/aromatic N) is 2. The molecule has 0 aliphatic carbocycles. The molecule has 19 heavy (non-hydrogen) atoms. The molecule has 2 aromatic rings. The molecule has 0 radical (unpaired) electrons. The van der Waals surface area contributed by atoms with Gasteiger partial charge in [0.1, 0.15) is 6.07 Å². The number of thiophene rings is 1. The lowest BCUT2D eigenvalue weighted by Crippen LogP contribution is -2.17. The molecule has 5 heteroatoms. The Kier molecular flexibility index (Phi) is 4.87. The van der Waals surface area contributed by atoms with Crippen LogP contribution in [-0.2, 0) is 12.4 Å². The molecule has 0 amide bonds. The van der Waals surface area contributed by atoms with Crippen molar-refractivity contribution in [2.75, 3.05) is 11.9 Å². The van der Waals surface area contributed by atoms with Crippen molar-refractivity contribution in [3.63, 3.8) is 0 Å². The van der Waals surface area contributed by atoms with E-state index in [9.17, 15) is 5.26 Å². The number of hydrogen-bond donors (Lipinski definition) is 0. The van der Waals surface area contributed by atoms with E-state index in [1.54, 1.807) is 11.3 Å². The number of rotatable bonds is 4. The van der Waals surface area contributed by atoms with Crippen molar-refractivity contribution < 1.29 is 0 Å². The zero-order valence-electron chi connectivity index (χ0n) is 10.4. The van der Waals surface area contributed by atoms with E-state index >= 15 is 0 Å². The highest BCUT2D eigenvalue weighted by Gasteiger charge is 2.09. The molecule has 2 nitrogen and oxygen atoms in total. The summed E-state index contributed by atoms with van der Waals surface area (Å²) in [7, 11) is 1.99. The number of alkyl halides is 1. The smallest absolute Gasteiger partial charge is 0.101 e. The Bertz CT molecular complexity index is 618. The van der Waals surface area contributed by atoms with E-state index in [1.807, 2.05) is 25.2 Å². The van der Waals surface area contributed by atoms with E-state index < -0.39 is 0 Å². The highest BCUT2D eigenvalue weighted by Crippen LogP contribution is 2.26. The van der Waals surface area contributed by atoms with Crippen LogP contribution in [0.15, 0.2) is 33.4 Å². The van der Waals surface area contributed by atoms with Crippen molar-refractivity contribution >= 4 is 44.6 Å². The average molecular weight is 356 g/mol. The topological polar surface area (TPSA) is 27.0 Å². The Balaban J connectivity index is 2.23. The normalized spacial score (nSPS) is 10.2. The van der Waals surface area contributed by atoms with Crippen molar-refractivity contribution in [2.45, 2.75) is 12.4 Å². The van der Waals surface area contributed by atoms with Gasteiger partial charge < -0.3 is 4.90 Å². The number of nitriles is 1. The van der Waals surface area contributed by atoms with E-state index in [-0.39, 0.29) is 0 Å². The van der Waals surface area contributed by atoms with E-state index in [4.69, 9.17) is 11.6 Å². The number of benzene rings is 1. The highest BCUT2D eigenvalue weighted by molar-refractivity contribution is 9.11. The number of hydrogen-bond acceptors (Lipinski definition) is 3. The highest BCUT2D eigenvalue weighted by atomic mass is 79.9. The van der Waals surface area contributed by atoms with Crippen molar-refractivity contribution in [1.82, 2.24) is 0 Å². The molecule has 0 atom stereocenters. The summed E-state index contributed by atoms with van der Waals surface area (Å²) >= 11 is 10.9. The minimum Gasteiger partial charge on any atom is -0.369 e. The second kappa shape index (κ2) is 6.42. The van der Waals surface area contributed by atoms with E-state index in [0.29, 0.717) is 11.4 Å². The van der Waals surface area contributed by atoms with Crippen LogP contribution in [0, 0.1) is 11.3 Å². The standard InChI is InChI=1S/C14H12BrClN2S/c1-18(8-11-5-14(15)19-9-11)13-3-2-10(6-16)4-12(13)7-17/h2-5,9H,6,8H2,1H3. The van der Waals surface area contributed by atoms with Crippen LogP contribution in [0.25, 0.3) is 0 Å². The first-order chi connectivity index (χ1) is 9.13. The maximum atomic E-state index is 9.23. The zero-order chi connectivity index (χ0) is 13.8. The Morgan fingerprint density at radius 3 is 2.74 bits per heavy atom. The molecule has 0 spiro atoms. The van der Waals surface area contributed by atoms with Crippen LogP contribution in [0.3, 0.4) is 0 Å². The first-order valence-electron chi connectivity index (χ1n) is 5.67. The Hall–Kier alpha value is -1.02. The monoisotopic (exact) mass is 354 g/mol. The molecule has 0 aliphatic heterocycles. The van der Waals surface area contributed by atoms with Crippen LogP contribution in [0.2, 0.25) is 0 Å². The quantitative estimate of drug-likeness (QED) is 0.739. The third-order valence-corrected chi connectivity index (χ3v) is 4.65. The molecular weight excluding hydrogens is 344 g/mol. The van der Waals surface area contributed by atoms with Gasteiger partial charge in [-0.15, -0.1) is 22.9 Å². The molecule has 1 aromatic carbocycles. The Morgan fingerprint density at radius 2 is 2.16 bits per heavy atom. The molecule has 0 unspecified atom stereocenters. The van der Waals surface area contributed by atoms with Crippen molar-refractivity contribution in [2.24, 2.45) is 0 Å². The molecule has 0 aliphatic rings. The fourth-order valence-electron chi connectivity index (χ4n) is 1.88. The Morgan fingerprint density at radius 1 is 1.37 bits per heavy atom. The van der Waals surface area contributed by atoms with Crippen LogP contribution < -0.4 is 4.90 Å². The molecule has 98 valence electrons. The summed E-state index contributed by atoms with van der Waals surface area (Å²) in [4.78, 5) is 2.07. The van der Waals surface area contributed by atoms with Gasteiger partial charge in [0.05, 0.1) is 15.0 Å². The molecule has 2 rings (SSSR count). The fourth-order valence-corrected chi connectivity index (χ4v) is 3.24. The van der Waals surface area contributed by atoms with Crippen LogP contribution in [0.5, 0.6) is 0 Å². The molecule has 1 heterocycles. The maximum Gasteiger partial charge on any atom is 0.101 e. The largest absolute Gasteiger partial charge is 0.369 e. The van der Waals surface area contributed by atoms with Gasteiger partial charge in [0.2, 0.25) is 0 Å². The predicted octanol–water partition coefficient (Wildman–Crippen LogP) is 4.76. The van der Waals surface area contributed by atoms with Crippen LogP contribution in [0.4, 0.5) is 5.69 Å². The minimum atomic E-state index is 0.427. The maximum absolute atomic E-state index is 9.23. The molecule has 0 fully saturated rings. The van der Waals surface area contributed by atoms with Gasteiger partial charge in [0.15, 0.2) is 0 Å². The van der Waals surface area contributed by atoms with Gasteiger partial charge in [-0.2, -0.15) is 5.26 Å². The molecule has 1 aromatic heterocycles. The van der Waals surface area contributed by atoms with Gasteiger partial charge in [-0.1, -0.05) is 6.07 Å². The number of anilines is 1. The van der Waals surface area contributed by atoms with Gasteiger partial charge >= 0.3 is 0 Å². The van der Waals surface area contributed by atoms with Crippen LogP contribution >= 0.6 is 38.9 Å². The van der Waals surface area contributed by atoms with E-state index in [1.165, 1.54) is 5.56 Å².